The van der Waals surface area contributed by atoms with Gasteiger partial charge in [-0.1, -0.05) is 12.1 Å². The van der Waals surface area contributed by atoms with Crippen molar-refractivity contribution in [3.63, 3.8) is 0 Å². The Morgan fingerprint density at radius 1 is 1.00 bits per heavy atom. The molecule has 0 saturated carbocycles. The van der Waals surface area contributed by atoms with E-state index in [0.29, 0.717) is 39.2 Å². The first-order valence-corrected chi connectivity index (χ1v) is 10.8. The molecular formula is C22H30F3N3O3. The Hall–Kier alpha value is -2.13. The van der Waals surface area contributed by atoms with Gasteiger partial charge in [0.25, 0.3) is 0 Å². The smallest absolute Gasteiger partial charge is 0.416 e. The summed E-state index contributed by atoms with van der Waals surface area (Å²) in [5.41, 5.74) is 0.196. The van der Waals surface area contributed by atoms with Crippen molar-refractivity contribution in [2.75, 3.05) is 45.9 Å². The van der Waals surface area contributed by atoms with E-state index < -0.39 is 17.8 Å². The minimum absolute atomic E-state index is 0.0473. The second-order valence-corrected chi connectivity index (χ2v) is 8.10. The number of amides is 1. The maximum absolute atomic E-state index is 12.8. The number of carbonyl (C=O) groups excluding carboxylic acids is 2. The number of piperidine rings is 1. The highest BCUT2D eigenvalue weighted by Gasteiger charge is 2.34. The molecule has 2 aliphatic rings. The van der Waals surface area contributed by atoms with Gasteiger partial charge < -0.3 is 9.64 Å². The minimum Gasteiger partial charge on any atom is -0.464 e. The molecule has 1 atom stereocenters. The van der Waals surface area contributed by atoms with Gasteiger partial charge in [0.1, 0.15) is 6.04 Å². The van der Waals surface area contributed by atoms with Gasteiger partial charge in [-0.2, -0.15) is 13.2 Å². The van der Waals surface area contributed by atoms with Crippen molar-refractivity contribution in [3.8, 4) is 0 Å². The van der Waals surface area contributed by atoms with E-state index in [-0.39, 0.29) is 18.4 Å². The molecule has 2 aliphatic heterocycles. The fourth-order valence-corrected chi connectivity index (χ4v) is 4.16. The highest BCUT2D eigenvalue weighted by atomic mass is 19.4. The van der Waals surface area contributed by atoms with Crippen LogP contribution in [0, 0.1) is 0 Å². The standard InChI is InChI=1S/C22H30F3N3O3/c1-2-31-21(30)19-5-3-4-10-28(19)20(29)16-27-13-11-26(12-14-27)15-17-6-8-18(9-7-17)22(23,24)25/h6-9,19H,2-5,10-16H2,1H3. The van der Waals surface area contributed by atoms with E-state index in [1.807, 2.05) is 0 Å². The third-order valence-electron chi connectivity index (χ3n) is 5.89. The molecule has 2 heterocycles. The minimum atomic E-state index is -4.32. The van der Waals surface area contributed by atoms with Gasteiger partial charge >= 0.3 is 12.1 Å². The molecule has 2 saturated heterocycles. The number of ether oxygens (including phenoxy) is 1. The van der Waals surface area contributed by atoms with Gasteiger partial charge in [-0.25, -0.2) is 4.79 Å². The van der Waals surface area contributed by atoms with Crippen LogP contribution in [0.1, 0.15) is 37.3 Å². The predicted octanol–water partition coefficient (Wildman–Crippen LogP) is 2.77. The van der Waals surface area contributed by atoms with Crippen LogP contribution in [-0.4, -0.2) is 78.5 Å². The summed E-state index contributed by atoms with van der Waals surface area (Å²) >= 11 is 0. The summed E-state index contributed by atoms with van der Waals surface area (Å²) in [6.45, 7) is 6.35. The zero-order chi connectivity index (χ0) is 22.4. The molecular weight excluding hydrogens is 411 g/mol. The Bertz CT molecular complexity index is 747. The molecule has 3 rings (SSSR count). The third-order valence-corrected chi connectivity index (χ3v) is 5.89. The van der Waals surface area contributed by atoms with E-state index in [0.717, 1.165) is 43.6 Å². The number of rotatable bonds is 6. The summed E-state index contributed by atoms with van der Waals surface area (Å²) in [6.07, 6.45) is -1.87. The second kappa shape index (κ2) is 10.5. The molecule has 1 aromatic carbocycles. The molecule has 2 fully saturated rings. The first-order chi connectivity index (χ1) is 14.8. The molecule has 0 aromatic heterocycles. The van der Waals surface area contributed by atoms with E-state index >= 15 is 0 Å². The van der Waals surface area contributed by atoms with E-state index in [1.165, 1.54) is 12.1 Å². The third kappa shape index (κ3) is 6.43. The van der Waals surface area contributed by atoms with Crippen LogP contribution in [0.5, 0.6) is 0 Å². The number of alkyl halides is 3. The fraction of sp³-hybridized carbons (Fsp3) is 0.636. The Kier molecular flexibility index (Phi) is 7.94. The lowest BCUT2D eigenvalue weighted by atomic mass is 10.0. The SMILES string of the molecule is CCOC(=O)C1CCCCN1C(=O)CN1CCN(Cc2ccc(C(F)(F)F)cc2)CC1. The summed E-state index contributed by atoms with van der Waals surface area (Å²) < 4.78 is 43.2. The molecule has 31 heavy (non-hydrogen) atoms. The van der Waals surface area contributed by atoms with E-state index in [4.69, 9.17) is 4.74 Å². The van der Waals surface area contributed by atoms with Crippen molar-refractivity contribution in [2.45, 2.75) is 44.9 Å². The quantitative estimate of drug-likeness (QED) is 0.636. The Morgan fingerprint density at radius 3 is 2.26 bits per heavy atom. The van der Waals surface area contributed by atoms with E-state index in [2.05, 4.69) is 9.80 Å². The largest absolute Gasteiger partial charge is 0.464 e. The van der Waals surface area contributed by atoms with Gasteiger partial charge in [0.2, 0.25) is 5.91 Å². The average molecular weight is 441 g/mol. The first-order valence-electron chi connectivity index (χ1n) is 10.8. The lowest BCUT2D eigenvalue weighted by Gasteiger charge is -2.38. The number of hydrogen-bond acceptors (Lipinski definition) is 5. The molecule has 9 heteroatoms. The Morgan fingerprint density at radius 2 is 1.65 bits per heavy atom. The molecule has 1 unspecified atom stereocenters. The van der Waals surface area contributed by atoms with Crippen molar-refractivity contribution in [1.82, 2.24) is 14.7 Å². The topological polar surface area (TPSA) is 53.1 Å². The number of carbonyl (C=O) groups is 2. The number of hydrogen-bond donors (Lipinski definition) is 0. The lowest BCUT2D eigenvalue weighted by Crippen LogP contribution is -2.54. The van der Waals surface area contributed by atoms with Crippen LogP contribution in [0.4, 0.5) is 13.2 Å². The Labute approximate surface area is 180 Å². The molecule has 1 aromatic rings. The number of likely N-dealkylation sites (tertiary alicyclic amines) is 1. The maximum atomic E-state index is 12.8. The van der Waals surface area contributed by atoms with Crippen LogP contribution < -0.4 is 0 Å². The average Bonchev–Trinajstić information content (AvgIpc) is 2.75. The molecule has 0 radical (unpaired) electrons. The van der Waals surface area contributed by atoms with Crippen molar-refractivity contribution in [2.24, 2.45) is 0 Å². The lowest BCUT2D eigenvalue weighted by molar-refractivity contribution is -0.157. The van der Waals surface area contributed by atoms with Crippen molar-refractivity contribution in [1.29, 1.82) is 0 Å². The van der Waals surface area contributed by atoms with Crippen LogP contribution in [0.2, 0.25) is 0 Å². The normalized spacial score (nSPS) is 21.2. The molecule has 0 N–H and O–H groups in total. The summed E-state index contributed by atoms with van der Waals surface area (Å²) in [7, 11) is 0. The number of halogens is 3. The number of benzene rings is 1. The molecule has 1 amide bonds. The van der Waals surface area contributed by atoms with Gasteiger partial charge in [0, 0.05) is 39.3 Å². The van der Waals surface area contributed by atoms with Gasteiger partial charge in [0.05, 0.1) is 18.7 Å². The number of piperazine rings is 1. The zero-order valence-electron chi connectivity index (χ0n) is 17.9. The summed E-state index contributed by atoms with van der Waals surface area (Å²) in [5, 5.41) is 0. The van der Waals surface area contributed by atoms with Crippen LogP contribution in [0.15, 0.2) is 24.3 Å². The zero-order valence-corrected chi connectivity index (χ0v) is 17.9. The van der Waals surface area contributed by atoms with Crippen LogP contribution >= 0.6 is 0 Å². The highest BCUT2D eigenvalue weighted by Crippen LogP contribution is 2.29. The highest BCUT2D eigenvalue weighted by molar-refractivity contribution is 5.85. The summed E-state index contributed by atoms with van der Waals surface area (Å²) in [4.78, 5) is 30.9. The molecule has 6 nitrogen and oxygen atoms in total. The summed E-state index contributed by atoms with van der Waals surface area (Å²) in [5.74, 6) is -0.370. The van der Waals surface area contributed by atoms with E-state index in [1.54, 1.807) is 11.8 Å². The van der Waals surface area contributed by atoms with Gasteiger partial charge in [-0.05, 0) is 43.9 Å². The molecule has 172 valence electrons. The van der Waals surface area contributed by atoms with Gasteiger partial charge in [-0.3, -0.25) is 14.6 Å². The Balaban J connectivity index is 1.47. The van der Waals surface area contributed by atoms with Crippen LogP contribution in [-0.2, 0) is 27.0 Å². The number of esters is 1. The van der Waals surface area contributed by atoms with Gasteiger partial charge in [-0.15, -0.1) is 0 Å². The van der Waals surface area contributed by atoms with Crippen LogP contribution in [0.25, 0.3) is 0 Å². The predicted molar refractivity (Wildman–Crippen MR) is 109 cm³/mol. The first kappa shape index (κ1) is 23.5. The molecule has 0 aliphatic carbocycles. The second-order valence-electron chi connectivity index (χ2n) is 8.10. The number of nitrogens with zero attached hydrogens (tertiary/aromatic N) is 3. The molecule has 0 bridgehead atoms. The maximum Gasteiger partial charge on any atom is 0.416 e. The van der Waals surface area contributed by atoms with Crippen LogP contribution in [0.3, 0.4) is 0 Å². The van der Waals surface area contributed by atoms with Crippen molar-refractivity contribution >= 4 is 11.9 Å². The van der Waals surface area contributed by atoms with E-state index in [9.17, 15) is 22.8 Å². The summed E-state index contributed by atoms with van der Waals surface area (Å²) in [6, 6.07) is 4.78. The fourth-order valence-electron chi connectivity index (χ4n) is 4.16. The van der Waals surface area contributed by atoms with Crippen molar-refractivity contribution in [3.05, 3.63) is 35.4 Å². The van der Waals surface area contributed by atoms with Crippen molar-refractivity contribution < 1.29 is 27.5 Å². The monoisotopic (exact) mass is 441 g/mol. The molecule has 0 spiro atoms. The van der Waals surface area contributed by atoms with Gasteiger partial charge in [0.15, 0.2) is 0 Å².